The zero-order valence-corrected chi connectivity index (χ0v) is 6.97. The zero-order valence-electron chi connectivity index (χ0n) is 6.97. The van der Waals surface area contributed by atoms with Gasteiger partial charge < -0.3 is 9.64 Å². The number of rotatable bonds is 5. The first kappa shape index (κ1) is 8.02. The lowest BCUT2D eigenvalue weighted by Crippen LogP contribution is -2.24. The van der Waals surface area contributed by atoms with Crippen molar-refractivity contribution in [3.8, 4) is 0 Å². The molecular weight excluding hydrogens is 126 g/mol. The molecule has 0 saturated carbocycles. The molecule has 0 N–H and O–H groups in total. The van der Waals surface area contributed by atoms with Gasteiger partial charge in [0.05, 0.1) is 12.7 Å². The van der Waals surface area contributed by atoms with Crippen molar-refractivity contribution < 1.29 is 4.74 Å². The van der Waals surface area contributed by atoms with E-state index in [1.54, 1.807) is 0 Å². The lowest BCUT2D eigenvalue weighted by molar-refractivity contribution is 0.281. The highest BCUT2D eigenvalue weighted by Gasteiger charge is 2.23. The van der Waals surface area contributed by atoms with E-state index in [0.29, 0.717) is 6.10 Å². The molecule has 1 atom stereocenters. The fraction of sp³-hybridized carbons (Fsp3) is 1.00. The molecule has 2 heteroatoms. The van der Waals surface area contributed by atoms with Gasteiger partial charge in [-0.2, -0.15) is 0 Å². The third kappa shape index (κ3) is 3.18. The standard InChI is InChI=1S/C8H17NO/c1-3-4-5-9(2)6-8-7-10-8/h8H,3-7H2,1-2H3/t8-/m0/s1. The van der Waals surface area contributed by atoms with Crippen LogP contribution in [0.4, 0.5) is 0 Å². The van der Waals surface area contributed by atoms with E-state index in [1.165, 1.54) is 19.4 Å². The molecule has 1 heterocycles. The van der Waals surface area contributed by atoms with E-state index in [4.69, 9.17) is 4.74 Å². The molecule has 10 heavy (non-hydrogen) atoms. The van der Waals surface area contributed by atoms with Crippen LogP contribution in [0.5, 0.6) is 0 Å². The minimum Gasteiger partial charge on any atom is -0.372 e. The Labute approximate surface area is 63.2 Å². The minimum absolute atomic E-state index is 0.557. The van der Waals surface area contributed by atoms with Crippen LogP contribution in [-0.2, 0) is 4.74 Å². The highest BCUT2D eigenvalue weighted by Crippen LogP contribution is 2.09. The number of likely N-dealkylation sites (N-methyl/N-ethyl adjacent to an activating group) is 1. The van der Waals surface area contributed by atoms with Gasteiger partial charge in [0.1, 0.15) is 0 Å². The second-order valence-electron chi connectivity index (χ2n) is 3.07. The fourth-order valence-corrected chi connectivity index (χ4v) is 1.04. The maximum atomic E-state index is 5.12. The predicted molar refractivity (Wildman–Crippen MR) is 42.1 cm³/mol. The van der Waals surface area contributed by atoms with E-state index in [-0.39, 0.29) is 0 Å². The van der Waals surface area contributed by atoms with Gasteiger partial charge in [-0.3, -0.25) is 0 Å². The van der Waals surface area contributed by atoms with E-state index in [0.717, 1.165) is 13.2 Å². The highest BCUT2D eigenvalue weighted by atomic mass is 16.6. The van der Waals surface area contributed by atoms with Crippen LogP contribution in [0, 0.1) is 0 Å². The second-order valence-corrected chi connectivity index (χ2v) is 3.07. The first-order chi connectivity index (χ1) is 4.83. The third-order valence-corrected chi connectivity index (χ3v) is 1.81. The van der Waals surface area contributed by atoms with E-state index < -0.39 is 0 Å². The van der Waals surface area contributed by atoms with Gasteiger partial charge in [0.2, 0.25) is 0 Å². The van der Waals surface area contributed by atoms with Crippen LogP contribution in [0.25, 0.3) is 0 Å². The van der Waals surface area contributed by atoms with Gasteiger partial charge in [0, 0.05) is 6.54 Å². The van der Waals surface area contributed by atoms with Crippen LogP contribution in [-0.4, -0.2) is 37.7 Å². The van der Waals surface area contributed by atoms with Gasteiger partial charge in [-0.15, -0.1) is 0 Å². The normalized spacial score (nSPS) is 23.7. The van der Waals surface area contributed by atoms with Crippen molar-refractivity contribution in [2.24, 2.45) is 0 Å². The van der Waals surface area contributed by atoms with E-state index in [2.05, 4.69) is 18.9 Å². The number of unbranched alkanes of at least 4 members (excludes halogenated alkanes) is 1. The average molecular weight is 143 g/mol. The summed E-state index contributed by atoms with van der Waals surface area (Å²) in [6.07, 6.45) is 3.15. The van der Waals surface area contributed by atoms with Crippen molar-refractivity contribution >= 4 is 0 Å². The van der Waals surface area contributed by atoms with Crippen molar-refractivity contribution in [3.63, 3.8) is 0 Å². The number of hydrogen-bond acceptors (Lipinski definition) is 2. The van der Waals surface area contributed by atoms with E-state index in [1.807, 2.05) is 0 Å². The Morgan fingerprint density at radius 2 is 2.30 bits per heavy atom. The molecule has 2 nitrogen and oxygen atoms in total. The summed E-state index contributed by atoms with van der Waals surface area (Å²) in [5, 5.41) is 0. The molecule has 0 amide bonds. The molecule has 0 spiro atoms. The molecule has 1 aliphatic heterocycles. The van der Waals surface area contributed by atoms with Crippen molar-refractivity contribution in [2.75, 3.05) is 26.7 Å². The highest BCUT2D eigenvalue weighted by molar-refractivity contribution is 4.72. The van der Waals surface area contributed by atoms with Crippen LogP contribution in [0.2, 0.25) is 0 Å². The first-order valence-corrected chi connectivity index (χ1v) is 4.13. The maximum Gasteiger partial charge on any atom is 0.0936 e. The summed E-state index contributed by atoms with van der Waals surface area (Å²) in [6, 6.07) is 0. The van der Waals surface area contributed by atoms with Crippen molar-refractivity contribution in [1.82, 2.24) is 4.90 Å². The van der Waals surface area contributed by atoms with Crippen molar-refractivity contribution in [2.45, 2.75) is 25.9 Å². The van der Waals surface area contributed by atoms with Gasteiger partial charge in [-0.25, -0.2) is 0 Å². The monoisotopic (exact) mass is 143 g/mol. The summed E-state index contributed by atoms with van der Waals surface area (Å²) in [6.45, 7) is 5.55. The molecule has 0 aliphatic carbocycles. The second kappa shape index (κ2) is 3.94. The van der Waals surface area contributed by atoms with Crippen LogP contribution in [0.3, 0.4) is 0 Å². The smallest absolute Gasteiger partial charge is 0.0936 e. The maximum absolute atomic E-state index is 5.12. The van der Waals surface area contributed by atoms with Gasteiger partial charge in [-0.05, 0) is 20.0 Å². The molecule has 0 aromatic rings. The average Bonchev–Trinajstić information content (AvgIpc) is 2.67. The number of nitrogens with zero attached hydrogens (tertiary/aromatic N) is 1. The Bertz CT molecular complexity index is 91.3. The van der Waals surface area contributed by atoms with Crippen LogP contribution >= 0.6 is 0 Å². The van der Waals surface area contributed by atoms with Crippen molar-refractivity contribution in [1.29, 1.82) is 0 Å². The Morgan fingerprint density at radius 1 is 1.60 bits per heavy atom. The topological polar surface area (TPSA) is 15.8 Å². The summed E-state index contributed by atoms with van der Waals surface area (Å²) < 4.78 is 5.12. The van der Waals surface area contributed by atoms with E-state index in [9.17, 15) is 0 Å². The number of ether oxygens (including phenoxy) is 1. The van der Waals surface area contributed by atoms with Crippen molar-refractivity contribution in [3.05, 3.63) is 0 Å². The van der Waals surface area contributed by atoms with E-state index >= 15 is 0 Å². The molecular formula is C8H17NO. The third-order valence-electron chi connectivity index (χ3n) is 1.81. The molecule has 1 aliphatic rings. The Hall–Kier alpha value is -0.0800. The molecule has 0 aromatic heterocycles. The molecule has 0 radical (unpaired) electrons. The van der Waals surface area contributed by atoms with Gasteiger partial charge in [-0.1, -0.05) is 13.3 Å². The molecule has 0 bridgehead atoms. The number of hydrogen-bond donors (Lipinski definition) is 0. The quantitative estimate of drug-likeness (QED) is 0.536. The SMILES string of the molecule is CCCCN(C)C[C@H]1CO1. The van der Waals surface area contributed by atoms with Gasteiger partial charge in [0.15, 0.2) is 0 Å². The first-order valence-electron chi connectivity index (χ1n) is 4.13. The summed E-state index contributed by atoms with van der Waals surface area (Å²) in [7, 11) is 2.16. The predicted octanol–water partition coefficient (Wildman–Crippen LogP) is 1.12. The lowest BCUT2D eigenvalue weighted by atomic mass is 10.3. The van der Waals surface area contributed by atoms with Gasteiger partial charge >= 0.3 is 0 Å². The van der Waals surface area contributed by atoms with Crippen LogP contribution in [0.15, 0.2) is 0 Å². The molecule has 0 unspecified atom stereocenters. The Balaban J connectivity index is 1.91. The summed E-state index contributed by atoms with van der Waals surface area (Å²) in [4.78, 5) is 2.35. The van der Waals surface area contributed by atoms with Crippen LogP contribution in [0.1, 0.15) is 19.8 Å². The molecule has 0 aromatic carbocycles. The molecule has 60 valence electrons. The molecule has 1 fully saturated rings. The van der Waals surface area contributed by atoms with Gasteiger partial charge in [0.25, 0.3) is 0 Å². The summed E-state index contributed by atoms with van der Waals surface area (Å²) in [5.41, 5.74) is 0. The molecule has 1 saturated heterocycles. The fourth-order valence-electron chi connectivity index (χ4n) is 1.04. The summed E-state index contributed by atoms with van der Waals surface area (Å²) in [5.74, 6) is 0. The number of epoxide rings is 1. The van der Waals surface area contributed by atoms with Crippen LogP contribution < -0.4 is 0 Å². The largest absolute Gasteiger partial charge is 0.372 e. The Kier molecular flexibility index (Phi) is 3.16. The minimum atomic E-state index is 0.557. The lowest BCUT2D eigenvalue weighted by Gasteiger charge is -2.13. The zero-order chi connectivity index (χ0) is 7.40. The summed E-state index contributed by atoms with van der Waals surface area (Å²) >= 11 is 0. The Morgan fingerprint density at radius 3 is 2.80 bits per heavy atom. The molecule has 1 rings (SSSR count).